The highest BCUT2D eigenvalue weighted by molar-refractivity contribution is 5.80. The third-order valence-electron chi connectivity index (χ3n) is 4.64. The van der Waals surface area contributed by atoms with Crippen molar-refractivity contribution in [3.8, 4) is 0 Å². The van der Waals surface area contributed by atoms with Gasteiger partial charge in [0.15, 0.2) is 0 Å². The van der Waals surface area contributed by atoms with E-state index in [-0.39, 0.29) is 17.4 Å². The van der Waals surface area contributed by atoms with Crippen LogP contribution in [0.15, 0.2) is 47.4 Å². The summed E-state index contributed by atoms with van der Waals surface area (Å²) in [5, 5.41) is 7.31. The number of hydrogen-bond donors (Lipinski definition) is 1. The number of carbonyl (C=O) groups is 1. The van der Waals surface area contributed by atoms with Crippen molar-refractivity contribution in [2.24, 2.45) is 11.8 Å². The zero-order valence-electron chi connectivity index (χ0n) is 15.4. The van der Waals surface area contributed by atoms with Crippen LogP contribution in [-0.2, 0) is 11.3 Å². The number of hydrogen-bond acceptors (Lipinski definition) is 4. The van der Waals surface area contributed by atoms with Gasteiger partial charge in [-0.3, -0.25) is 9.59 Å². The molecule has 6 heteroatoms. The van der Waals surface area contributed by atoms with E-state index in [1.807, 2.05) is 30.3 Å². The molecule has 1 aromatic heterocycles. The molecule has 2 aromatic rings. The molecule has 2 heterocycles. The number of benzene rings is 1. The molecule has 1 aliphatic heterocycles. The number of carbonyl (C=O) groups excluding carboxylic acids is 1. The molecular formula is C20H26N4O2. The summed E-state index contributed by atoms with van der Waals surface area (Å²) >= 11 is 0. The van der Waals surface area contributed by atoms with Crippen LogP contribution in [0.5, 0.6) is 0 Å². The van der Waals surface area contributed by atoms with Crippen molar-refractivity contribution in [2.75, 3.05) is 24.5 Å². The predicted molar refractivity (Wildman–Crippen MR) is 102 cm³/mol. The number of amides is 1. The summed E-state index contributed by atoms with van der Waals surface area (Å²) in [6.07, 6.45) is 2.52. The van der Waals surface area contributed by atoms with Crippen LogP contribution in [0.2, 0.25) is 0 Å². The predicted octanol–water partition coefficient (Wildman–Crippen LogP) is 1.89. The van der Waals surface area contributed by atoms with Crippen molar-refractivity contribution in [1.82, 2.24) is 15.1 Å². The molecular weight excluding hydrogens is 328 g/mol. The van der Waals surface area contributed by atoms with Crippen LogP contribution in [0.4, 0.5) is 5.69 Å². The molecule has 1 unspecified atom stereocenters. The van der Waals surface area contributed by atoms with Crippen LogP contribution < -0.4 is 15.8 Å². The summed E-state index contributed by atoms with van der Waals surface area (Å²) < 4.78 is 1.46. The fraction of sp³-hybridized carbons (Fsp3) is 0.450. The third kappa shape index (κ3) is 4.50. The third-order valence-corrected chi connectivity index (χ3v) is 4.64. The summed E-state index contributed by atoms with van der Waals surface area (Å²) in [4.78, 5) is 26.7. The van der Waals surface area contributed by atoms with Gasteiger partial charge in [-0.25, -0.2) is 4.68 Å². The molecule has 1 fully saturated rings. The molecule has 6 nitrogen and oxygen atoms in total. The summed E-state index contributed by atoms with van der Waals surface area (Å²) in [5.74, 6) is 0.518. The summed E-state index contributed by atoms with van der Waals surface area (Å²) in [6, 6.07) is 11.4. The lowest BCUT2D eigenvalue weighted by Gasteiger charge is -2.18. The molecule has 0 saturated carbocycles. The van der Waals surface area contributed by atoms with Crippen molar-refractivity contribution in [1.29, 1.82) is 0 Å². The largest absolute Gasteiger partial charge is 0.369 e. The molecule has 1 aromatic carbocycles. The van der Waals surface area contributed by atoms with Gasteiger partial charge < -0.3 is 10.2 Å². The van der Waals surface area contributed by atoms with Crippen LogP contribution >= 0.6 is 0 Å². The van der Waals surface area contributed by atoms with E-state index in [0.717, 1.165) is 24.2 Å². The molecule has 0 spiro atoms. The quantitative estimate of drug-likeness (QED) is 0.860. The van der Waals surface area contributed by atoms with Crippen LogP contribution in [-0.4, -0.2) is 35.3 Å². The molecule has 1 amide bonds. The first kappa shape index (κ1) is 18.2. The van der Waals surface area contributed by atoms with Crippen LogP contribution in [0.3, 0.4) is 0 Å². The Hall–Kier alpha value is -2.63. The van der Waals surface area contributed by atoms with Gasteiger partial charge in [-0.05, 0) is 17.9 Å². The Morgan fingerprint density at radius 1 is 1.31 bits per heavy atom. The highest BCUT2D eigenvalue weighted by atomic mass is 16.2. The second-order valence-corrected chi connectivity index (χ2v) is 7.27. The van der Waals surface area contributed by atoms with E-state index in [4.69, 9.17) is 0 Å². The SMILES string of the molecule is CC(C)CNC(=O)C1CCN(c2cnn(Cc3ccccc3)c(=O)c2)C1. The minimum Gasteiger partial charge on any atom is -0.369 e. The zero-order chi connectivity index (χ0) is 18.5. The second-order valence-electron chi connectivity index (χ2n) is 7.27. The van der Waals surface area contributed by atoms with Gasteiger partial charge in [-0.15, -0.1) is 0 Å². The molecule has 1 saturated heterocycles. The Morgan fingerprint density at radius 3 is 2.77 bits per heavy atom. The fourth-order valence-corrected chi connectivity index (χ4v) is 3.13. The van der Waals surface area contributed by atoms with E-state index < -0.39 is 0 Å². The van der Waals surface area contributed by atoms with Gasteiger partial charge in [0.2, 0.25) is 5.91 Å². The van der Waals surface area contributed by atoms with Gasteiger partial charge in [0.05, 0.1) is 24.3 Å². The number of rotatable bonds is 6. The average Bonchev–Trinajstić information content (AvgIpc) is 3.12. The van der Waals surface area contributed by atoms with E-state index >= 15 is 0 Å². The highest BCUT2D eigenvalue weighted by Crippen LogP contribution is 2.22. The van der Waals surface area contributed by atoms with Gasteiger partial charge in [0.1, 0.15) is 0 Å². The number of anilines is 1. The Labute approximate surface area is 153 Å². The molecule has 3 rings (SSSR count). The van der Waals surface area contributed by atoms with Crippen molar-refractivity contribution in [2.45, 2.75) is 26.8 Å². The molecule has 138 valence electrons. The average molecular weight is 354 g/mol. The lowest BCUT2D eigenvalue weighted by Crippen LogP contribution is -2.35. The Kier molecular flexibility index (Phi) is 5.71. The van der Waals surface area contributed by atoms with Crippen molar-refractivity contribution in [3.63, 3.8) is 0 Å². The second kappa shape index (κ2) is 8.17. The molecule has 0 aliphatic carbocycles. The van der Waals surface area contributed by atoms with Crippen molar-refractivity contribution in [3.05, 3.63) is 58.5 Å². The summed E-state index contributed by atoms with van der Waals surface area (Å²) in [5.41, 5.74) is 1.70. The van der Waals surface area contributed by atoms with E-state index in [2.05, 4.69) is 29.2 Å². The maximum atomic E-state index is 12.4. The summed E-state index contributed by atoms with van der Waals surface area (Å²) in [6.45, 7) is 6.72. The van der Waals surface area contributed by atoms with Crippen LogP contribution in [0, 0.1) is 11.8 Å². The number of nitrogens with one attached hydrogen (secondary N) is 1. The Balaban J connectivity index is 1.63. The first-order chi connectivity index (χ1) is 12.5. The van der Waals surface area contributed by atoms with Crippen LogP contribution in [0.1, 0.15) is 25.8 Å². The minimum absolute atomic E-state index is 0.0273. The lowest BCUT2D eigenvalue weighted by atomic mass is 10.1. The maximum Gasteiger partial charge on any atom is 0.269 e. The first-order valence-electron chi connectivity index (χ1n) is 9.16. The number of nitrogens with zero attached hydrogens (tertiary/aromatic N) is 3. The first-order valence-corrected chi connectivity index (χ1v) is 9.16. The normalized spacial score (nSPS) is 16.9. The van der Waals surface area contributed by atoms with Crippen LogP contribution in [0.25, 0.3) is 0 Å². The smallest absolute Gasteiger partial charge is 0.269 e. The highest BCUT2D eigenvalue weighted by Gasteiger charge is 2.28. The lowest BCUT2D eigenvalue weighted by molar-refractivity contribution is -0.124. The zero-order valence-corrected chi connectivity index (χ0v) is 15.4. The topological polar surface area (TPSA) is 67.2 Å². The van der Waals surface area contributed by atoms with Gasteiger partial charge in [-0.2, -0.15) is 5.10 Å². The van der Waals surface area contributed by atoms with E-state index in [0.29, 0.717) is 25.6 Å². The molecule has 0 radical (unpaired) electrons. The minimum atomic E-state index is -0.126. The van der Waals surface area contributed by atoms with E-state index in [9.17, 15) is 9.59 Å². The van der Waals surface area contributed by atoms with Crippen molar-refractivity contribution < 1.29 is 4.79 Å². The maximum absolute atomic E-state index is 12.4. The van der Waals surface area contributed by atoms with Gasteiger partial charge in [0, 0.05) is 25.7 Å². The molecule has 1 N–H and O–H groups in total. The molecule has 1 aliphatic rings. The summed E-state index contributed by atoms with van der Waals surface area (Å²) in [7, 11) is 0. The molecule has 26 heavy (non-hydrogen) atoms. The fourth-order valence-electron chi connectivity index (χ4n) is 3.13. The standard InChI is InChI=1S/C20H26N4O2/c1-15(2)11-21-20(26)17-8-9-23(14-17)18-10-19(25)24(22-12-18)13-16-6-4-3-5-7-16/h3-7,10,12,15,17H,8-9,11,13-14H2,1-2H3,(H,21,26). The van der Waals surface area contributed by atoms with Crippen molar-refractivity contribution >= 4 is 11.6 Å². The van der Waals surface area contributed by atoms with Gasteiger partial charge in [0.25, 0.3) is 5.56 Å². The van der Waals surface area contributed by atoms with Gasteiger partial charge >= 0.3 is 0 Å². The Bertz CT molecular complexity index is 801. The molecule has 0 bridgehead atoms. The Morgan fingerprint density at radius 2 is 2.08 bits per heavy atom. The monoisotopic (exact) mass is 354 g/mol. The number of aromatic nitrogens is 2. The van der Waals surface area contributed by atoms with Gasteiger partial charge in [-0.1, -0.05) is 44.2 Å². The molecule has 1 atom stereocenters. The van der Waals surface area contributed by atoms with E-state index in [1.165, 1.54) is 4.68 Å². The van der Waals surface area contributed by atoms with E-state index in [1.54, 1.807) is 12.3 Å².